The summed E-state index contributed by atoms with van der Waals surface area (Å²) in [6.45, 7) is 12.2. The van der Waals surface area contributed by atoms with Gasteiger partial charge in [-0.1, -0.05) is 71.7 Å². The maximum atomic E-state index is 2.48. The van der Waals surface area contributed by atoms with Crippen molar-refractivity contribution in [2.45, 2.75) is 39.1 Å². The minimum atomic E-state index is -0.937. The topological polar surface area (TPSA) is 0 Å². The molecule has 0 saturated heterocycles. The fourth-order valence-electron chi connectivity index (χ4n) is 1.70. The lowest BCUT2D eigenvalue weighted by Crippen LogP contribution is -2.29. The first-order chi connectivity index (χ1) is 6.90. The van der Waals surface area contributed by atoms with Crippen LogP contribution < -0.4 is 5.30 Å². The van der Waals surface area contributed by atoms with Gasteiger partial charge >= 0.3 is 0 Å². The number of hydrogen-bond acceptors (Lipinski definition) is 0. The third-order valence-electron chi connectivity index (χ3n) is 2.36. The first kappa shape index (κ1) is 12.9. The van der Waals surface area contributed by atoms with Crippen LogP contribution in [0.3, 0.4) is 0 Å². The van der Waals surface area contributed by atoms with Gasteiger partial charge in [-0.25, -0.2) is 0 Å². The van der Waals surface area contributed by atoms with E-state index in [1.807, 2.05) is 0 Å². The molecule has 1 unspecified atom stereocenters. The molecule has 2 heteroatoms. The average molecular weight is 238 g/mol. The molecule has 0 N–H and O–H groups in total. The molecule has 1 aromatic rings. The van der Waals surface area contributed by atoms with Crippen molar-refractivity contribution in [2.75, 3.05) is 5.79 Å². The van der Waals surface area contributed by atoms with Gasteiger partial charge in [0, 0.05) is 8.07 Å². The summed E-state index contributed by atoms with van der Waals surface area (Å²) in [6, 6.07) is 11.1. The van der Waals surface area contributed by atoms with Crippen molar-refractivity contribution in [3.8, 4) is 0 Å². The molecule has 0 aliphatic carbocycles. The van der Waals surface area contributed by atoms with Crippen LogP contribution in [0.2, 0.25) is 19.6 Å². The van der Waals surface area contributed by atoms with Gasteiger partial charge in [0.05, 0.1) is 0 Å². The quantitative estimate of drug-likeness (QED) is 0.548. The van der Waals surface area contributed by atoms with Crippen molar-refractivity contribution in [2.24, 2.45) is 0 Å². The molecule has 0 bridgehead atoms. The summed E-state index contributed by atoms with van der Waals surface area (Å²) in [5.41, 5.74) is 0.814. The first-order valence-corrected chi connectivity index (χ1v) is 11.0. The predicted molar refractivity (Wildman–Crippen MR) is 76.3 cm³/mol. The van der Waals surface area contributed by atoms with E-state index in [-0.39, 0.29) is 7.92 Å². The molecule has 15 heavy (non-hydrogen) atoms. The van der Waals surface area contributed by atoms with Gasteiger partial charge in [-0.3, -0.25) is 0 Å². The van der Waals surface area contributed by atoms with E-state index in [9.17, 15) is 0 Å². The molecule has 1 atom stereocenters. The molecule has 0 heterocycles. The van der Waals surface area contributed by atoms with Gasteiger partial charge in [0.25, 0.3) is 0 Å². The molecule has 1 rings (SSSR count). The van der Waals surface area contributed by atoms with Gasteiger partial charge in [-0.05, 0) is 16.7 Å². The van der Waals surface area contributed by atoms with Crippen LogP contribution in [0.15, 0.2) is 30.3 Å². The van der Waals surface area contributed by atoms with Crippen molar-refractivity contribution < 1.29 is 0 Å². The van der Waals surface area contributed by atoms with Gasteiger partial charge in [0.15, 0.2) is 0 Å². The van der Waals surface area contributed by atoms with Crippen molar-refractivity contribution in [3.05, 3.63) is 30.3 Å². The summed E-state index contributed by atoms with van der Waals surface area (Å²) < 4.78 is 0. The van der Waals surface area contributed by atoms with Crippen LogP contribution in [0.4, 0.5) is 0 Å². The summed E-state index contributed by atoms with van der Waals surface area (Å²) in [7, 11) is -0.878. The Labute approximate surface area is 96.9 Å². The van der Waals surface area contributed by atoms with Gasteiger partial charge in [0.1, 0.15) is 0 Å². The Balaban J connectivity index is 2.85. The molecule has 0 amide bonds. The second kappa shape index (κ2) is 5.27. The van der Waals surface area contributed by atoms with Crippen LogP contribution in [-0.4, -0.2) is 19.5 Å². The zero-order valence-electron chi connectivity index (χ0n) is 10.6. The second-order valence-electron chi connectivity index (χ2n) is 5.62. The molecular weight excluding hydrogens is 215 g/mol. The molecule has 0 saturated carbocycles. The molecule has 0 radical (unpaired) electrons. The largest absolute Gasteiger partial charge is 0.0754 e. The summed E-state index contributed by atoms with van der Waals surface area (Å²) in [5, 5.41) is 1.59. The maximum Gasteiger partial charge on any atom is 0.0489 e. The molecular formula is C13H23PSi. The van der Waals surface area contributed by atoms with E-state index >= 15 is 0 Å². The Morgan fingerprint density at radius 3 is 2.00 bits per heavy atom. The van der Waals surface area contributed by atoms with E-state index in [4.69, 9.17) is 0 Å². The van der Waals surface area contributed by atoms with Crippen LogP contribution in [-0.2, 0) is 0 Å². The average Bonchev–Trinajstić information content (AvgIpc) is 2.14. The molecule has 0 aliphatic rings. The lowest BCUT2D eigenvalue weighted by molar-refractivity contribution is 1.09. The zero-order chi connectivity index (χ0) is 11.5. The van der Waals surface area contributed by atoms with Gasteiger partial charge < -0.3 is 0 Å². The Kier molecular flexibility index (Phi) is 4.55. The zero-order valence-corrected chi connectivity index (χ0v) is 12.5. The fourth-order valence-corrected chi connectivity index (χ4v) is 9.13. The van der Waals surface area contributed by atoms with E-state index in [0.29, 0.717) is 0 Å². The molecule has 0 fully saturated rings. The van der Waals surface area contributed by atoms with Crippen LogP contribution in [0.25, 0.3) is 0 Å². The van der Waals surface area contributed by atoms with Gasteiger partial charge in [0.2, 0.25) is 0 Å². The monoisotopic (exact) mass is 238 g/mol. The predicted octanol–water partition coefficient (Wildman–Crippen LogP) is 4.08. The minimum Gasteiger partial charge on any atom is -0.0754 e. The van der Waals surface area contributed by atoms with Crippen LogP contribution in [0.1, 0.15) is 13.8 Å². The van der Waals surface area contributed by atoms with E-state index in [0.717, 1.165) is 5.66 Å². The normalized spacial score (nSPS) is 14.3. The maximum absolute atomic E-state index is 2.48. The highest BCUT2D eigenvalue weighted by atomic mass is 31.1. The molecule has 1 aromatic carbocycles. The third-order valence-corrected chi connectivity index (χ3v) is 9.72. The van der Waals surface area contributed by atoms with Crippen molar-refractivity contribution in [3.63, 3.8) is 0 Å². The van der Waals surface area contributed by atoms with E-state index in [1.54, 1.807) is 5.30 Å². The highest BCUT2D eigenvalue weighted by molar-refractivity contribution is 7.68. The molecule has 84 valence electrons. The number of hydrogen-bond donors (Lipinski definition) is 0. The second-order valence-corrected chi connectivity index (χ2v) is 14.5. The summed E-state index contributed by atoms with van der Waals surface area (Å²) in [4.78, 5) is 0. The number of benzene rings is 1. The Bertz CT molecular complexity index is 287. The highest BCUT2D eigenvalue weighted by Gasteiger charge is 2.23. The fraction of sp³-hybridized carbons (Fsp3) is 0.538. The standard InChI is InChI=1S/C13H23PSi/c1-12(2)14(11-15(3,4)5)13-9-7-6-8-10-13/h6-10,12H,11H2,1-5H3. The van der Waals surface area contributed by atoms with E-state index < -0.39 is 8.07 Å². The molecule has 0 aromatic heterocycles. The van der Waals surface area contributed by atoms with Crippen LogP contribution in [0, 0.1) is 0 Å². The molecule has 0 spiro atoms. The Morgan fingerprint density at radius 1 is 1.07 bits per heavy atom. The van der Waals surface area contributed by atoms with Crippen molar-refractivity contribution in [1.82, 2.24) is 0 Å². The van der Waals surface area contributed by atoms with Crippen LogP contribution in [0.5, 0.6) is 0 Å². The van der Waals surface area contributed by atoms with Gasteiger partial charge in [-0.15, -0.1) is 0 Å². The Morgan fingerprint density at radius 2 is 1.60 bits per heavy atom. The third kappa shape index (κ3) is 4.48. The van der Waals surface area contributed by atoms with E-state index in [2.05, 4.69) is 63.8 Å². The summed E-state index contributed by atoms with van der Waals surface area (Å²) in [5.74, 6) is 1.46. The van der Waals surface area contributed by atoms with Crippen LogP contribution >= 0.6 is 7.92 Å². The van der Waals surface area contributed by atoms with Gasteiger partial charge in [-0.2, -0.15) is 0 Å². The minimum absolute atomic E-state index is 0.0589. The lowest BCUT2D eigenvalue weighted by atomic mass is 10.4. The summed E-state index contributed by atoms with van der Waals surface area (Å²) in [6.07, 6.45) is 0. The molecule has 0 nitrogen and oxygen atoms in total. The first-order valence-electron chi connectivity index (χ1n) is 5.72. The number of rotatable bonds is 4. The smallest absolute Gasteiger partial charge is 0.0489 e. The van der Waals surface area contributed by atoms with Crippen molar-refractivity contribution in [1.29, 1.82) is 0 Å². The lowest BCUT2D eigenvalue weighted by Gasteiger charge is -2.28. The van der Waals surface area contributed by atoms with E-state index in [1.165, 1.54) is 5.79 Å². The highest BCUT2D eigenvalue weighted by Crippen LogP contribution is 2.42. The Hall–Kier alpha value is -0.133. The SMILES string of the molecule is CC(C)P(C[Si](C)(C)C)c1ccccc1. The van der Waals surface area contributed by atoms with Crippen molar-refractivity contribution >= 4 is 21.3 Å². The molecule has 0 aliphatic heterocycles. The summed E-state index contributed by atoms with van der Waals surface area (Å²) >= 11 is 0.